The standard InChI is InChI=1S/C18H34OSi/c1-4-6-11-20(19-3,12-7-5-2)13-10-18-15-16-8-9-17(18)14-16/h8-9,16-18H,4-7,10-15H2,1-3H3. The Kier molecular flexibility index (Phi) is 6.35. The van der Waals surface area contributed by atoms with E-state index in [1.807, 2.05) is 7.11 Å². The highest BCUT2D eigenvalue weighted by molar-refractivity contribution is 6.73. The Morgan fingerprint density at radius 2 is 1.70 bits per heavy atom. The van der Waals surface area contributed by atoms with Crippen LogP contribution in [0.3, 0.4) is 0 Å². The molecule has 2 bridgehead atoms. The summed E-state index contributed by atoms with van der Waals surface area (Å²) in [5, 5.41) is 0. The molecular weight excluding hydrogens is 260 g/mol. The molecule has 1 nitrogen and oxygen atoms in total. The first-order valence-electron chi connectivity index (χ1n) is 8.96. The van der Waals surface area contributed by atoms with Gasteiger partial charge in [-0.15, -0.1) is 0 Å². The second kappa shape index (κ2) is 7.79. The lowest BCUT2D eigenvalue weighted by molar-refractivity contribution is 0.366. The summed E-state index contributed by atoms with van der Waals surface area (Å²) in [4.78, 5) is 0. The Hall–Kier alpha value is -0.0831. The molecule has 0 N–H and O–H groups in total. The minimum Gasteiger partial charge on any atom is -0.420 e. The zero-order valence-corrected chi connectivity index (χ0v) is 14.9. The van der Waals surface area contributed by atoms with E-state index in [4.69, 9.17) is 4.43 Å². The smallest absolute Gasteiger partial charge is 0.192 e. The minimum atomic E-state index is -1.43. The van der Waals surface area contributed by atoms with E-state index in [1.54, 1.807) is 0 Å². The maximum atomic E-state index is 6.20. The van der Waals surface area contributed by atoms with Crippen molar-refractivity contribution >= 4 is 8.32 Å². The van der Waals surface area contributed by atoms with Crippen molar-refractivity contribution in [3.8, 4) is 0 Å². The molecule has 0 aromatic heterocycles. The van der Waals surface area contributed by atoms with E-state index < -0.39 is 8.32 Å². The highest BCUT2D eigenvalue weighted by atomic mass is 28.4. The third-order valence-corrected chi connectivity index (χ3v) is 10.4. The van der Waals surface area contributed by atoms with Crippen LogP contribution in [-0.2, 0) is 4.43 Å². The Balaban J connectivity index is 1.86. The van der Waals surface area contributed by atoms with Crippen LogP contribution in [0.25, 0.3) is 0 Å². The van der Waals surface area contributed by atoms with Crippen LogP contribution >= 0.6 is 0 Å². The van der Waals surface area contributed by atoms with Crippen LogP contribution in [0.4, 0.5) is 0 Å². The van der Waals surface area contributed by atoms with E-state index in [1.165, 1.54) is 63.1 Å². The van der Waals surface area contributed by atoms with Gasteiger partial charge in [-0.05, 0) is 48.7 Å². The molecule has 0 amide bonds. The number of allylic oxidation sites excluding steroid dienone is 2. The minimum absolute atomic E-state index is 0.918. The molecule has 0 radical (unpaired) electrons. The number of hydrogen-bond acceptors (Lipinski definition) is 1. The number of fused-ring (bicyclic) bond motifs is 2. The van der Waals surface area contributed by atoms with Gasteiger partial charge in [0.25, 0.3) is 0 Å². The third kappa shape index (κ3) is 3.97. The monoisotopic (exact) mass is 294 g/mol. The van der Waals surface area contributed by atoms with E-state index in [0.717, 1.165) is 17.8 Å². The maximum Gasteiger partial charge on any atom is 0.192 e. The van der Waals surface area contributed by atoms with Gasteiger partial charge in [-0.2, -0.15) is 0 Å². The van der Waals surface area contributed by atoms with Crippen LogP contribution in [0.2, 0.25) is 18.1 Å². The van der Waals surface area contributed by atoms with E-state index >= 15 is 0 Å². The average molecular weight is 295 g/mol. The van der Waals surface area contributed by atoms with Crippen LogP contribution in [0.15, 0.2) is 12.2 Å². The Morgan fingerprint density at radius 3 is 2.15 bits per heavy atom. The highest BCUT2D eigenvalue weighted by Crippen LogP contribution is 2.46. The predicted molar refractivity (Wildman–Crippen MR) is 90.5 cm³/mol. The van der Waals surface area contributed by atoms with Gasteiger partial charge in [-0.3, -0.25) is 0 Å². The molecule has 0 saturated heterocycles. The molecule has 116 valence electrons. The summed E-state index contributed by atoms with van der Waals surface area (Å²) in [5.41, 5.74) is 0. The van der Waals surface area contributed by atoms with E-state index in [2.05, 4.69) is 26.0 Å². The Bertz CT molecular complexity index is 305. The molecule has 3 atom stereocenters. The Morgan fingerprint density at radius 1 is 1.00 bits per heavy atom. The van der Waals surface area contributed by atoms with Crippen LogP contribution in [0, 0.1) is 17.8 Å². The first-order chi connectivity index (χ1) is 9.73. The Labute approximate surface area is 127 Å². The fourth-order valence-corrected chi connectivity index (χ4v) is 8.61. The van der Waals surface area contributed by atoms with Crippen molar-refractivity contribution in [2.75, 3.05) is 7.11 Å². The van der Waals surface area contributed by atoms with Crippen molar-refractivity contribution < 1.29 is 4.43 Å². The van der Waals surface area contributed by atoms with Crippen molar-refractivity contribution in [2.24, 2.45) is 17.8 Å². The van der Waals surface area contributed by atoms with Gasteiger partial charge in [0.05, 0.1) is 0 Å². The van der Waals surface area contributed by atoms with Crippen molar-refractivity contribution in [2.45, 2.75) is 76.9 Å². The van der Waals surface area contributed by atoms with Gasteiger partial charge >= 0.3 is 0 Å². The summed E-state index contributed by atoms with van der Waals surface area (Å²) >= 11 is 0. The fourth-order valence-electron chi connectivity index (χ4n) is 4.35. The summed E-state index contributed by atoms with van der Waals surface area (Å²) in [6.07, 6.45) is 14.7. The molecular formula is C18H34OSi. The van der Waals surface area contributed by atoms with Crippen molar-refractivity contribution in [3.05, 3.63) is 12.2 Å². The van der Waals surface area contributed by atoms with Gasteiger partial charge in [0, 0.05) is 7.11 Å². The summed E-state index contributed by atoms with van der Waals surface area (Å²) in [7, 11) is 0.582. The maximum absolute atomic E-state index is 6.20. The van der Waals surface area contributed by atoms with Crippen molar-refractivity contribution in [1.82, 2.24) is 0 Å². The fraction of sp³-hybridized carbons (Fsp3) is 0.889. The third-order valence-electron chi connectivity index (χ3n) is 5.79. The molecule has 0 spiro atoms. The zero-order chi connectivity index (χ0) is 14.4. The van der Waals surface area contributed by atoms with E-state index in [9.17, 15) is 0 Å². The first-order valence-corrected chi connectivity index (χ1v) is 11.5. The molecule has 0 aromatic carbocycles. The lowest BCUT2D eigenvalue weighted by atomic mass is 9.91. The van der Waals surface area contributed by atoms with Crippen molar-refractivity contribution in [1.29, 1.82) is 0 Å². The normalized spacial score (nSPS) is 28.4. The molecule has 2 heteroatoms. The zero-order valence-electron chi connectivity index (χ0n) is 13.9. The number of rotatable bonds is 10. The van der Waals surface area contributed by atoms with Gasteiger partial charge < -0.3 is 4.43 Å². The second-order valence-electron chi connectivity index (χ2n) is 7.17. The summed E-state index contributed by atoms with van der Waals surface area (Å²) in [5.74, 6) is 2.83. The quantitative estimate of drug-likeness (QED) is 0.366. The highest BCUT2D eigenvalue weighted by Gasteiger charge is 2.38. The summed E-state index contributed by atoms with van der Waals surface area (Å²) in [6, 6.07) is 4.22. The molecule has 0 aromatic rings. The molecule has 2 aliphatic carbocycles. The van der Waals surface area contributed by atoms with Crippen LogP contribution in [-0.4, -0.2) is 15.4 Å². The number of hydrogen-bond donors (Lipinski definition) is 0. The number of unbranched alkanes of at least 4 members (excludes halogenated alkanes) is 2. The van der Waals surface area contributed by atoms with Gasteiger partial charge in [0.15, 0.2) is 8.32 Å². The van der Waals surface area contributed by atoms with Crippen LogP contribution < -0.4 is 0 Å². The predicted octanol–water partition coefficient (Wildman–Crippen LogP) is 5.78. The summed E-state index contributed by atoms with van der Waals surface area (Å²) < 4.78 is 6.20. The molecule has 2 rings (SSSR count). The topological polar surface area (TPSA) is 9.23 Å². The van der Waals surface area contributed by atoms with Gasteiger partial charge in [0.1, 0.15) is 0 Å². The van der Waals surface area contributed by atoms with Gasteiger partial charge in [-0.25, -0.2) is 0 Å². The molecule has 20 heavy (non-hydrogen) atoms. The molecule has 0 aliphatic heterocycles. The lowest BCUT2D eigenvalue weighted by Crippen LogP contribution is -2.37. The van der Waals surface area contributed by atoms with Gasteiger partial charge in [0.2, 0.25) is 0 Å². The molecule has 3 unspecified atom stereocenters. The average Bonchev–Trinajstić information content (AvgIpc) is 3.10. The van der Waals surface area contributed by atoms with Gasteiger partial charge in [-0.1, -0.05) is 58.1 Å². The van der Waals surface area contributed by atoms with Crippen LogP contribution in [0.1, 0.15) is 58.8 Å². The molecule has 2 aliphatic rings. The lowest BCUT2D eigenvalue weighted by Gasteiger charge is -2.32. The second-order valence-corrected chi connectivity index (χ2v) is 11.4. The molecule has 0 heterocycles. The summed E-state index contributed by atoms with van der Waals surface area (Å²) in [6.45, 7) is 4.63. The van der Waals surface area contributed by atoms with E-state index in [0.29, 0.717) is 0 Å². The largest absolute Gasteiger partial charge is 0.420 e. The van der Waals surface area contributed by atoms with E-state index in [-0.39, 0.29) is 0 Å². The first kappa shape index (κ1) is 16.3. The molecule has 1 saturated carbocycles. The van der Waals surface area contributed by atoms with Crippen LogP contribution in [0.5, 0.6) is 0 Å². The SMILES string of the molecule is CCCC[Si](CCCC)(CCC1CC2C=CC1C2)OC. The molecule has 1 fully saturated rings. The van der Waals surface area contributed by atoms with Crippen molar-refractivity contribution in [3.63, 3.8) is 0 Å².